The number of alkyl halides is 3. The predicted octanol–water partition coefficient (Wildman–Crippen LogP) is 6.08. The van der Waals surface area contributed by atoms with Crippen LogP contribution in [0.3, 0.4) is 0 Å². The van der Waals surface area contributed by atoms with Crippen molar-refractivity contribution in [2.45, 2.75) is 64.3 Å². The second-order valence-electron chi connectivity index (χ2n) is 7.13. The summed E-state index contributed by atoms with van der Waals surface area (Å²) in [6.45, 7) is 13.1. The lowest BCUT2D eigenvalue weighted by molar-refractivity contribution is -0.136. The maximum absolute atomic E-state index is 13.3. The molecule has 0 saturated carbocycles. The molecule has 2 aromatic rings. The van der Waals surface area contributed by atoms with Crippen molar-refractivity contribution in [3.05, 3.63) is 30.1 Å². The van der Waals surface area contributed by atoms with Gasteiger partial charge in [-0.05, 0) is 35.0 Å². The molecule has 0 atom stereocenters. The molecule has 0 bridgehead atoms. The van der Waals surface area contributed by atoms with Gasteiger partial charge in [0, 0.05) is 11.6 Å². The van der Waals surface area contributed by atoms with Gasteiger partial charge >= 0.3 is 6.18 Å². The van der Waals surface area contributed by atoms with E-state index in [0.717, 1.165) is 6.07 Å². The van der Waals surface area contributed by atoms with Crippen LogP contribution in [0, 0.1) is 0 Å². The van der Waals surface area contributed by atoms with Crippen molar-refractivity contribution >= 4 is 19.3 Å². The van der Waals surface area contributed by atoms with Crippen molar-refractivity contribution in [2.24, 2.45) is 0 Å². The van der Waals surface area contributed by atoms with Crippen molar-refractivity contribution < 1.29 is 13.2 Å². The quantitative estimate of drug-likeness (QED) is 0.616. The number of hydrogen-bond acceptors (Lipinski definition) is 1. The van der Waals surface area contributed by atoms with Gasteiger partial charge in [0.15, 0.2) is 8.24 Å². The fraction of sp³-hybridized carbons (Fsp3) is 0.588. The van der Waals surface area contributed by atoms with E-state index < -0.39 is 20.0 Å². The molecule has 0 aromatic carbocycles. The third kappa shape index (κ3) is 2.71. The number of rotatable bonds is 4. The van der Waals surface area contributed by atoms with E-state index in [1.165, 1.54) is 6.20 Å². The molecular formula is C17H25F3N2Si. The second kappa shape index (κ2) is 5.96. The topological polar surface area (TPSA) is 17.8 Å². The Hall–Kier alpha value is -1.30. The molecule has 2 rings (SSSR count). The van der Waals surface area contributed by atoms with Gasteiger partial charge in [0.1, 0.15) is 5.65 Å². The van der Waals surface area contributed by atoms with E-state index in [0.29, 0.717) is 22.3 Å². The number of pyridine rings is 1. The van der Waals surface area contributed by atoms with Crippen molar-refractivity contribution in [1.29, 1.82) is 0 Å². The van der Waals surface area contributed by atoms with Crippen molar-refractivity contribution in [1.82, 2.24) is 9.22 Å². The van der Waals surface area contributed by atoms with Crippen LogP contribution in [0.4, 0.5) is 13.2 Å². The van der Waals surface area contributed by atoms with Gasteiger partial charge in [0.25, 0.3) is 0 Å². The summed E-state index contributed by atoms with van der Waals surface area (Å²) < 4.78 is 41.9. The minimum Gasteiger partial charge on any atom is -0.359 e. The van der Waals surface area contributed by atoms with Gasteiger partial charge in [-0.2, -0.15) is 13.2 Å². The van der Waals surface area contributed by atoms with Gasteiger partial charge < -0.3 is 4.23 Å². The van der Waals surface area contributed by atoms with Crippen molar-refractivity contribution in [2.75, 3.05) is 0 Å². The summed E-state index contributed by atoms with van der Waals surface area (Å²) in [7, 11) is -2.11. The van der Waals surface area contributed by atoms with Crippen LogP contribution in [-0.2, 0) is 6.18 Å². The molecule has 0 radical (unpaired) electrons. The summed E-state index contributed by atoms with van der Waals surface area (Å²) in [6.07, 6.45) is -1.24. The largest absolute Gasteiger partial charge is 0.417 e. The summed E-state index contributed by atoms with van der Waals surface area (Å²) in [5.74, 6) is 0. The smallest absolute Gasteiger partial charge is 0.359 e. The maximum Gasteiger partial charge on any atom is 0.417 e. The van der Waals surface area contributed by atoms with E-state index in [1.807, 2.05) is 6.20 Å². The molecule has 2 aromatic heterocycles. The van der Waals surface area contributed by atoms with E-state index in [1.54, 1.807) is 6.07 Å². The Morgan fingerprint density at radius 2 is 1.48 bits per heavy atom. The molecule has 23 heavy (non-hydrogen) atoms. The van der Waals surface area contributed by atoms with Crippen LogP contribution < -0.4 is 0 Å². The summed E-state index contributed by atoms with van der Waals surface area (Å²) in [5.41, 5.74) is 1.07. The number of aromatic nitrogens is 2. The Kier molecular flexibility index (Phi) is 4.68. The third-order valence-electron chi connectivity index (χ3n) is 5.08. The lowest BCUT2D eigenvalue weighted by atomic mass is 10.2. The second-order valence-corrected chi connectivity index (χ2v) is 12.9. The molecule has 0 saturated heterocycles. The van der Waals surface area contributed by atoms with Crippen LogP contribution in [0.5, 0.6) is 0 Å². The highest BCUT2D eigenvalue weighted by Crippen LogP contribution is 2.45. The molecule has 2 nitrogen and oxygen atoms in total. The number of fused-ring (bicyclic) bond motifs is 1. The predicted molar refractivity (Wildman–Crippen MR) is 91.2 cm³/mol. The van der Waals surface area contributed by atoms with Crippen LogP contribution in [-0.4, -0.2) is 17.5 Å². The van der Waals surface area contributed by atoms with E-state index >= 15 is 0 Å². The molecule has 128 valence electrons. The lowest BCUT2D eigenvalue weighted by Crippen LogP contribution is -2.51. The summed E-state index contributed by atoms with van der Waals surface area (Å²) >= 11 is 0. The SMILES string of the molecule is CC(C)[Si](C(C)C)(C(C)C)n1ccc2c(C(F)(F)F)ccnc21. The Morgan fingerprint density at radius 3 is 1.91 bits per heavy atom. The average molecular weight is 342 g/mol. The van der Waals surface area contributed by atoms with Gasteiger partial charge in [0.05, 0.1) is 5.56 Å². The monoisotopic (exact) mass is 342 g/mol. The average Bonchev–Trinajstić information content (AvgIpc) is 2.81. The van der Waals surface area contributed by atoms with Gasteiger partial charge in [-0.3, -0.25) is 0 Å². The molecule has 0 spiro atoms. The fourth-order valence-corrected chi connectivity index (χ4v) is 11.0. The number of halogens is 3. The first-order valence-corrected chi connectivity index (χ1v) is 10.3. The first-order valence-electron chi connectivity index (χ1n) is 8.08. The molecule has 0 aliphatic carbocycles. The molecule has 0 unspecified atom stereocenters. The summed E-state index contributed by atoms with van der Waals surface area (Å²) in [4.78, 5) is 4.33. The molecule has 0 amide bonds. The highest BCUT2D eigenvalue weighted by atomic mass is 28.3. The van der Waals surface area contributed by atoms with E-state index in [2.05, 4.69) is 50.8 Å². The van der Waals surface area contributed by atoms with Crippen molar-refractivity contribution in [3.8, 4) is 0 Å². The highest BCUT2D eigenvalue weighted by molar-refractivity contribution is 6.82. The van der Waals surface area contributed by atoms with Crippen LogP contribution in [0.1, 0.15) is 47.1 Å². The molecule has 2 heterocycles. The van der Waals surface area contributed by atoms with E-state index in [9.17, 15) is 13.2 Å². The zero-order chi connectivity index (χ0) is 17.6. The Labute approximate surface area is 136 Å². The summed E-state index contributed by atoms with van der Waals surface area (Å²) in [5, 5.41) is 0.207. The van der Waals surface area contributed by atoms with Crippen LogP contribution in [0.25, 0.3) is 11.0 Å². The van der Waals surface area contributed by atoms with Gasteiger partial charge in [0.2, 0.25) is 0 Å². The highest BCUT2D eigenvalue weighted by Gasteiger charge is 2.46. The molecule has 0 aliphatic rings. The zero-order valence-corrected chi connectivity index (χ0v) is 15.6. The van der Waals surface area contributed by atoms with Gasteiger partial charge in [-0.15, -0.1) is 0 Å². The molecule has 0 aliphatic heterocycles. The van der Waals surface area contributed by atoms with Gasteiger partial charge in [-0.25, -0.2) is 4.98 Å². The first kappa shape index (κ1) is 18.0. The minimum atomic E-state index is -4.36. The van der Waals surface area contributed by atoms with E-state index in [4.69, 9.17) is 0 Å². The molecule has 0 N–H and O–H groups in total. The molecule has 6 heteroatoms. The Bertz CT molecular complexity index is 665. The standard InChI is InChI=1S/C17H25F3N2Si/c1-11(2)23(12(3)4,13(5)6)22-10-8-14-15(17(18,19)20)7-9-21-16(14)22/h7-13H,1-6H3. The van der Waals surface area contributed by atoms with Crippen LogP contribution in [0.15, 0.2) is 24.5 Å². The van der Waals surface area contributed by atoms with E-state index in [-0.39, 0.29) is 5.39 Å². The first-order chi connectivity index (χ1) is 10.5. The zero-order valence-electron chi connectivity index (χ0n) is 14.6. The third-order valence-corrected chi connectivity index (χ3v) is 11.8. The van der Waals surface area contributed by atoms with Crippen molar-refractivity contribution in [3.63, 3.8) is 0 Å². The normalized spacial score (nSPS) is 13.7. The fourth-order valence-electron chi connectivity index (χ4n) is 4.43. The Balaban J connectivity index is 2.82. The minimum absolute atomic E-state index is 0.207. The summed E-state index contributed by atoms with van der Waals surface area (Å²) in [6, 6.07) is 2.65. The van der Waals surface area contributed by atoms with Gasteiger partial charge in [-0.1, -0.05) is 41.5 Å². The number of hydrogen-bond donors (Lipinski definition) is 0. The van der Waals surface area contributed by atoms with Crippen LogP contribution in [0.2, 0.25) is 16.6 Å². The Morgan fingerprint density at radius 1 is 0.957 bits per heavy atom. The lowest BCUT2D eigenvalue weighted by Gasteiger charge is -2.44. The number of nitrogens with zero attached hydrogens (tertiary/aromatic N) is 2. The molecular weight excluding hydrogens is 317 g/mol. The molecule has 0 fully saturated rings. The maximum atomic E-state index is 13.3. The van der Waals surface area contributed by atoms with Crippen LogP contribution >= 0.6 is 0 Å².